The van der Waals surface area contributed by atoms with Gasteiger partial charge in [-0.2, -0.15) is 0 Å². The van der Waals surface area contributed by atoms with Crippen LogP contribution in [0, 0.1) is 6.07 Å². The Hall–Kier alpha value is -1.93. The number of hydrogen-bond acceptors (Lipinski definition) is 2. The largest absolute Gasteiger partial charge is 0.493 e. The standard InChI is InChI=1S/C18H15OS/c1-2-19-16-11-5-6-12-18(16)20-17-13-7-9-14-8-3-4-10-15(14)17/h3-11,13H,2H2,1H3. The summed E-state index contributed by atoms with van der Waals surface area (Å²) in [7, 11) is 0. The molecule has 0 atom stereocenters. The molecule has 1 nitrogen and oxygen atoms in total. The molecule has 3 rings (SSSR count). The molecule has 0 amide bonds. The molecule has 0 aliphatic heterocycles. The van der Waals surface area contributed by atoms with Gasteiger partial charge in [-0.1, -0.05) is 60.3 Å². The zero-order valence-corrected chi connectivity index (χ0v) is 12.1. The normalized spacial score (nSPS) is 10.7. The van der Waals surface area contributed by atoms with Crippen molar-refractivity contribution in [1.29, 1.82) is 0 Å². The minimum Gasteiger partial charge on any atom is -0.493 e. The SMILES string of the molecule is CCOc1ccc[c]c1Sc1cccc2ccccc12. The maximum Gasteiger partial charge on any atom is 0.133 e. The third-order valence-electron chi connectivity index (χ3n) is 3.04. The molecule has 1 radical (unpaired) electrons. The molecule has 0 saturated heterocycles. The maximum absolute atomic E-state index is 5.67. The monoisotopic (exact) mass is 279 g/mol. The molecular weight excluding hydrogens is 264 g/mol. The molecule has 0 bridgehead atoms. The van der Waals surface area contributed by atoms with Crippen LogP contribution in [0.15, 0.2) is 70.5 Å². The molecule has 0 N–H and O–H groups in total. The zero-order chi connectivity index (χ0) is 13.8. The number of fused-ring (bicyclic) bond motifs is 1. The van der Waals surface area contributed by atoms with Gasteiger partial charge in [0.1, 0.15) is 5.75 Å². The lowest BCUT2D eigenvalue weighted by molar-refractivity contribution is 0.332. The Balaban J connectivity index is 2.01. The average Bonchev–Trinajstić information content (AvgIpc) is 2.50. The molecule has 99 valence electrons. The smallest absolute Gasteiger partial charge is 0.133 e. The highest BCUT2D eigenvalue weighted by Crippen LogP contribution is 2.37. The Morgan fingerprint density at radius 3 is 2.75 bits per heavy atom. The first-order chi connectivity index (χ1) is 9.88. The first-order valence-corrected chi connectivity index (χ1v) is 7.49. The minimum absolute atomic E-state index is 0.668. The first kappa shape index (κ1) is 13.1. The van der Waals surface area contributed by atoms with E-state index in [1.165, 1.54) is 15.7 Å². The van der Waals surface area contributed by atoms with Gasteiger partial charge in [0.15, 0.2) is 0 Å². The van der Waals surface area contributed by atoms with E-state index >= 15 is 0 Å². The van der Waals surface area contributed by atoms with Crippen molar-refractivity contribution < 1.29 is 4.74 Å². The second kappa shape index (κ2) is 6.02. The fraction of sp³-hybridized carbons (Fsp3) is 0.111. The quantitative estimate of drug-likeness (QED) is 0.650. The first-order valence-electron chi connectivity index (χ1n) is 6.67. The van der Waals surface area contributed by atoms with E-state index < -0.39 is 0 Å². The third kappa shape index (κ3) is 2.66. The summed E-state index contributed by atoms with van der Waals surface area (Å²) in [6, 6.07) is 24.0. The summed E-state index contributed by atoms with van der Waals surface area (Å²) in [5.74, 6) is 0.896. The molecule has 0 saturated carbocycles. The Bertz CT molecular complexity index is 716. The van der Waals surface area contributed by atoms with E-state index in [4.69, 9.17) is 4.74 Å². The van der Waals surface area contributed by atoms with Crippen LogP contribution in [0.25, 0.3) is 10.8 Å². The predicted octanol–water partition coefficient (Wildman–Crippen LogP) is 5.19. The topological polar surface area (TPSA) is 9.23 Å². The maximum atomic E-state index is 5.67. The molecule has 0 fully saturated rings. The number of benzene rings is 3. The molecule has 0 spiro atoms. The van der Waals surface area contributed by atoms with Gasteiger partial charge in [0.25, 0.3) is 0 Å². The van der Waals surface area contributed by atoms with Crippen LogP contribution in [0.3, 0.4) is 0 Å². The summed E-state index contributed by atoms with van der Waals surface area (Å²) in [4.78, 5) is 2.26. The van der Waals surface area contributed by atoms with E-state index in [1.54, 1.807) is 11.8 Å². The lowest BCUT2D eigenvalue weighted by atomic mass is 10.1. The minimum atomic E-state index is 0.668. The lowest BCUT2D eigenvalue weighted by Gasteiger charge is -2.10. The van der Waals surface area contributed by atoms with Crippen LogP contribution in [-0.2, 0) is 0 Å². The molecular formula is C18H15OS. The summed E-state index contributed by atoms with van der Waals surface area (Å²) in [5, 5.41) is 2.52. The predicted molar refractivity (Wildman–Crippen MR) is 84.5 cm³/mol. The van der Waals surface area contributed by atoms with E-state index in [0.717, 1.165) is 10.6 Å². The van der Waals surface area contributed by atoms with Crippen molar-refractivity contribution in [2.24, 2.45) is 0 Å². The van der Waals surface area contributed by atoms with E-state index in [1.807, 2.05) is 25.1 Å². The molecule has 3 aromatic carbocycles. The third-order valence-corrected chi connectivity index (χ3v) is 4.14. The molecule has 0 heterocycles. The molecule has 0 aliphatic rings. The molecule has 0 aromatic heterocycles. The van der Waals surface area contributed by atoms with Crippen molar-refractivity contribution in [3.63, 3.8) is 0 Å². The second-order valence-corrected chi connectivity index (χ2v) is 5.43. The van der Waals surface area contributed by atoms with Crippen molar-refractivity contribution in [3.8, 4) is 5.75 Å². The van der Waals surface area contributed by atoms with Crippen molar-refractivity contribution in [1.82, 2.24) is 0 Å². The summed E-state index contributed by atoms with van der Waals surface area (Å²) < 4.78 is 5.67. The highest BCUT2D eigenvalue weighted by molar-refractivity contribution is 7.99. The van der Waals surface area contributed by atoms with Crippen LogP contribution in [0.4, 0.5) is 0 Å². The molecule has 3 aromatic rings. The van der Waals surface area contributed by atoms with Gasteiger partial charge in [0.05, 0.1) is 11.5 Å². The van der Waals surface area contributed by atoms with E-state index in [0.29, 0.717) is 6.61 Å². The molecule has 2 heteroatoms. The fourth-order valence-electron chi connectivity index (χ4n) is 2.15. The summed E-state index contributed by atoms with van der Waals surface area (Å²) in [6.45, 7) is 2.67. The summed E-state index contributed by atoms with van der Waals surface area (Å²) in [5.41, 5.74) is 0. The highest BCUT2D eigenvalue weighted by Gasteiger charge is 2.07. The number of rotatable bonds is 4. The Labute approximate surface area is 123 Å². The van der Waals surface area contributed by atoms with Gasteiger partial charge >= 0.3 is 0 Å². The van der Waals surface area contributed by atoms with Crippen LogP contribution >= 0.6 is 11.8 Å². The van der Waals surface area contributed by atoms with Gasteiger partial charge in [-0.15, -0.1) is 0 Å². The van der Waals surface area contributed by atoms with Gasteiger partial charge in [0, 0.05) is 11.0 Å². The molecule has 0 aliphatic carbocycles. The highest BCUT2D eigenvalue weighted by atomic mass is 32.2. The van der Waals surface area contributed by atoms with Crippen LogP contribution in [0.5, 0.6) is 5.75 Å². The Morgan fingerprint density at radius 1 is 1.00 bits per heavy atom. The van der Waals surface area contributed by atoms with E-state index in [-0.39, 0.29) is 0 Å². The lowest BCUT2D eigenvalue weighted by Crippen LogP contribution is -1.93. The summed E-state index contributed by atoms with van der Waals surface area (Å²) in [6.07, 6.45) is 0. The Morgan fingerprint density at radius 2 is 1.85 bits per heavy atom. The van der Waals surface area contributed by atoms with Crippen LogP contribution in [0.2, 0.25) is 0 Å². The zero-order valence-electron chi connectivity index (χ0n) is 11.3. The van der Waals surface area contributed by atoms with Gasteiger partial charge in [-0.25, -0.2) is 0 Å². The van der Waals surface area contributed by atoms with Crippen LogP contribution in [0.1, 0.15) is 6.92 Å². The fourth-order valence-corrected chi connectivity index (χ4v) is 3.17. The van der Waals surface area contributed by atoms with Crippen molar-refractivity contribution in [2.75, 3.05) is 6.61 Å². The van der Waals surface area contributed by atoms with Crippen LogP contribution < -0.4 is 4.74 Å². The Kier molecular flexibility index (Phi) is 3.93. The molecule has 0 unspecified atom stereocenters. The van der Waals surface area contributed by atoms with E-state index in [9.17, 15) is 0 Å². The number of ether oxygens (including phenoxy) is 1. The summed E-state index contributed by atoms with van der Waals surface area (Å²) >= 11 is 1.70. The van der Waals surface area contributed by atoms with Crippen molar-refractivity contribution in [2.45, 2.75) is 16.7 Å². The van der Waals surface area contributed by atoms with Gasteiger partial charge in [-0.05, 0) is 29.8 Å². The average molecular weight is 279 g/mol. The van der Waals surface area contributed by atoms with E-state index in [2.05, 4.69) is 48.5 Å². The van der Waals surface area contributed by atoms with Gasteiger partial charge in [0.2, 0.25) is 0 Å². The molecule has 20 heavy (non-hydrogen) atoms. The second-order valence-electron chi connectivity index (χ2n) is 4.38. The van der Waals surface area contributed by atoms with Gasteiger partial charge < -0.3 is 4.74 Å². The van der Waals surface area contributed by atoms with Gasteiger partial charge in [-0.3, -0.25) is 0 Å². The van der Waals surface area contributed by atoms with Crippen molar-refractivity contribution >= 4 is 22.5 Å². The van der Waals surface area contributed by atoms with Crippen molar-refractivity contribution in [3.05, 3.63) is 66.7 Å². The number of hydrogen-bond donors (Lipinski definition) is 0. The van der Waals surface area contributed by atoms with Crippen LogP contribution in [-0.4, -0.2) is 6.61 Å².